The summed E-state index contributed by atoms with van der Waals surface area (Å²) >= 11 is 0. The normalized spacial score (nSPS) is 24.9. The monoisotopic (exact) mass is 736 g/mol. The Labute approximate surface area is 311 Å². The first-order chi connectivity index (χ1) is 25.1. The topological polar surface area (TPSA) is 183 Å². The van der Waals surface area contributed by atoms with Crippen molar-refractivity contribution in [1.82, 2.24) is 31.1 Å². The Balaban J connectivity index is 1.26. The number of benzene rings is 1. The van der Waals surface area contributed by atoms with Gasteiger partial charge in [0.25, 0.3) is 5.91 Å². The van der Waals surface area contributed by atoms with Gasteiger partial charge >= 0.3 is 6.09 Å². The minimum atomic E-state index is -1.18. The number of ketones is 1. The highest BCUT2D eigenvalue weighted by Crippen LogP contribution is 2.63. The van der Waals surface area contributed by atoms with Crippen LogP contribution in [0.4, 0.5) is 4.79 Å². The largest absolute Gasteiger partial charge is 0.444 e. The Morgan fingerprint density at radius 1 is 0.887 bits per heavy atom. The van der Waals surface area contributed by atoms with Gasteiger partial charge in [0.2, 0.25) is 29.4 Å². The van der Waals surface area contributed by atoms with E-state index in [-0.39, 0.29) is 36.1 Å². The van der Waals surface area contributed by atoms with Crippen molar-refractivity contribution in [3.63, 3.8) is 0 Å². The fourth-order valence-electron chi connectivity index (χ4n) is 8.58. The Hall–Kier alpha value is -4.49. The molecule has 1 heterocycles. The van der Waals surface area contributed by atoms with Crippen LogP contribution in [0, 0.1) is 23.7 Å². The number of hydrogen-bond acceptors (Lipinski definition) is 8. The molecule has 4 N–H and O–H groups in total. The van der Waals surface area contributed by atoms with E-state index in [1.54, 1.807) is 70.1 Å². The van der Waals surface area contributed by atoms with Crippen LogP contribution < -0.4 is 21.3 Å². The molecular formula is C39H56N6O8. The molecule has 3 saturated carbocycles. The number of rotatable bonds is 14. The lowest BCUT2D eigenvalue weighted by molar-refractivity contribution is -0.147. The number of nitrogens with one attached hydrogen (secondary N) is 4. The summed E-state index contributed by atoms with van der Waals surface area (Å²) in [5, 5.41) is 10.7. The Morgan fingerprint density at radius 2 is 1.57 bits per heavy atom. The number of carbonyl (C=O) groups is 7. The van der Waals surface area contributed by atoms with E-state index in [0.29, 0.717) is 30.2 Å². The minimum absolute atomic E-state index is 0.0835. The fourth-order valence-corrected chi connectivity index (χ4v) is 8.58. The molecule has 53 heavy (non-hydrogen) atoms. The number of fused-ring (bicyclic) bond motifs is 5. The molecule has 5 rings (SSSR count). The number of ether oxygens (including phenoxy) is 1. The van der Waals surface area contributed by atoms with Crippen LogP contribution in [0.2, 0.25) is 0 Å². The molecular weight excluding hydrogens is 680 g/mol. The highest BCUT2D eigenvalue weighted by atomic mass is 16.6. The number of hydrogen-bond donors (Lipinski definition) is 4. The van der Waals surface area contributed by atoms with E-state index >= 15 is 0 Å². The molecule has 4 aliphatic rings. The molecule has 1 aromatic rings. The van der Waals surface area contributed by atoms with Gasteiger partial charge in [0.15, 0.2) is 0 Å². The minimum Gasteiger partial charge on any atom is -0.444 e. The van der Waals surface area contributed by atoms with E-state index < -0.39 is 65.9 Å². The second kappa shape index (κ2) is 16.7. The zero-order valence-electron chi connectivity index (χ0n) is 31.8. The quantitative estimate of drug-likeness (QED) is 0.210. The fraction of sp³-hybridized carbons (Fsp3) is 0.667. The maximum Gasteiger partial charge on any atom is 0.408 e. The average Bonchev–Trinajstić information content (AvgIpc) is 3.73. The third kappa shape index (κ3) is 9.36. The van der Waals surface area contributed by atoms with Crippen molar-refractivity contribution in [2.75, 3.05) is 20.6 Å². The molecule has 8 atom stereocenters. The second-order valence-electron chi connectivity index (χ2n) is 16.3. The van der Waals surface area contributed by atoms with Gasteiger partial charge in [-0.1, -0.05) is 62.9 Å². The van der Waals surface area contributed by atoms with Crippen molar-refractivity contribution in [1.29, 1.82) is 0 Å². The van der Waals surface area contributed by atoms with Crippen molar-refractivity contribution < 1.29 is 38.3 Å². The zero-order chi connectivity index (χ0) is 38.6. The van der Waals surface area contributed by atoms with E-state index in [4.69, 9.17) is 4.74 Å². The molecule has 1 aliphatic heterocycles. The van der Waals surface area contributed by atoms with Gasteiger partial charge in [-0.2, -0.15) is 0 Å². The van der Waals surface area contributed by atoms with Crippen LogP contribution in [0.1, 0.15) is 97.1 Å². The summed E-state index contributed by atoms with van der Waals surface area (Å²) in [6.45, 7) is 6.54. The predicted molar refractivity (Wildman–Crippen MR) is 195 cm³/mol. The number of piperidine rings is 1. The van der Waals surface area contributed by atoms with Crippen molar-refractivity contribution in [3.05, 3.63) is 35.9 Å². The van der Waals surface area contributed by atoms with Crippen molar-refractivity contribution in [3.8, 4) is 0 Å². The smallest absolute Gasteiger partial charge is 0.408 e. The van der Waals surface area contributed by atoms with Crippen LogP contribution in [0.3, 0.4) is 0 Å². The summed E-state index contributed by atoms with van der Waals surface area (Å²) in [6, 6.07) is 4.67. The number of carbonyl (C=O) groups excluding carboxylic acids is 7. The number of nitrogens with zero attached hydrogens (tertiary/aromatic N) is 2. The lowest BCUT2D eigenvalue weighted by atomic mass is 9.83. The third-order valence-corrected chi connectivity index (χ3v) is 11.1. The molecule has 1 saturated heterocycles. The van der Waals surface area contributed by atoms with Crippen LogP contribution in [0.5, 0.6) is 0 Å². The van der Waals surface area contributed by atoms with Gasteiger partial charge < -0.3 is 35.8 Å². The SMILES string of the molecule is CCCC(NC(=O)C1C2CC(C3CC32)N1C(=O)[C@H](NC(=O)OC(C)(C)C)C1CCCCC1)C(=O)C(=O)NCC(=O)NC(C(=O)N(C)C)c1ccccc1. The van der Waals surface area contributed by atoms with E-state index in [1.165, 1.54) is 4.90 Å². The molecule has 3 aliphatic carbocycles. The van der Waals surface area contributed by atoms with Gasteiger partial charge in [-0.3, -0.25) is 28.8 Å². The Morgan fingerprint density at radius 3 is 2.19 bits per heavy atom. The number of likely N-dealkylation sites (tertiary alicyclic amines) is 1. The molecule has 1 aromatic carbocycles. The van der Waals surface area contributed by atoms with Gasteiger partial charge in [0.1, 0.15) is 23.7 Å². The van der Waals surface area contributed by atoms with Crippen LogP contribution in [0.15, 0.2) is 30.3 Å². The van der Waals surface area contributed by atoms with Crippen molar-refractivity contribution in [2.45, 2.75) is 121 Å². The number of alkyl carbamates (subject to hydrolysis) is 1. The first-order valence-electron chi connectivity index (χ1n) is 19.1. The summed E-state index contributed by atoms with van der Waals surface area (Å²) in [4.78, 5) is 97.0. The van der Waals surface area contributed by atoms with Gasteiger partial charge in [0.05, 0.1) is 12.6 Å². The first-order valence-corrected chi connectivity index (χ1v) is 19.1. The maximum absolute atomic E-state index is 14.5. The summed E-state index contributed by atoms with van der Waals surface area (Å²) in [6.07, 6.45) is 6.05. The third-order valence-electron chi connectivity index (χ3n) is 11.1. The molecule has 0 radical (unpaired) electrons. The molecule has 14 nitrogen and oxygen atoms in total. The number of amides is 6. The maximum atomic E-state index is 14.5. The standard InChI is InChI=1S/C39H56N6O8/c1-7-14-27(33(47)35(49)40-21-29(46)42-30(36(50)44(5)6)22-15-10-8-11-16-22)41-34(48)32-26-20-28(25-19-24(25)26)45(32)37(51)31(23-17-12-9-13-18-23)43-38(52)53-39(2,3)4/h8,10-11,15-16,23-28,30-32H,7,9,12-14,17-21H2,1-6H3,(H,40,49)(H,41,48)(H,42,46)(H,43,52)/t24?,25?,26?,27?,28?,30?,31-,32?/m1/s1. The highest BCUT2D eigenvalue weighted by molar-refractivity contribution is 6.38. The molecule has 7 unspecified atom stereocenters. The van der Waals surface area contributed by atoms with Crippen LogP contribution in [-0.4, -0.2) is 102 Å². The van der Waals surface area contributed by atoms with Crippen LogP contribution >= 0.6 is 0 Å². The summed E-state index contributed by atoms with van der Waals surface area (Å²) in [7, 11) is 3.13. The van der Waals surface area contributed by atoms with Gasteiger partial charge in [-0.25, -0.2) is 4.79 Å². The lowest BCUT2D eigenvalue weighted by Gasteiger charge is -2.39. The van der Waals surface area contributed by atoms with Crippen LogP contribution in [-0.2, 0) is 33.5 Å². The molecule has 0 aromatic heterocycles. The highest BCUT2D eigenvalue weighted by Gasteiger charge is 2.68. The Bertz CT molecular complexity index is 1550. The summed E-state index contributed by atoms with van der Waals surface area (Å²) in [5.74, 6) is -3.35. The van der Waals surface area contributed by atoms with Crippen molar-refractivity contribution in [2.24, 2.45) is 23.7 Å². The predicted octanol–water partition coefficient (Wildman–Crippen LogP) is 2.61. The van der Waals surface area contributed by atoms with Crippen molar-refractivity contribution >= 4 is 41.4 Å². The zero-order valence-corrected chi connectivity index (χ0v) is 31.8. The first kappa shape index (κ1) is 39.7. The summed E-state index contributed by atoms with van der Waals surface area (Å²) in [5.41, 5.74) is -0.197. The number of likely N-dealkylation sites (N-methyl/N-ethyl adjacent to an activating group) is 1. The molecule has 290 valence electrons. The van der Waals surface area contributed by atoms with E-state index in [1.807, 2.05) is 6.92 Å². The average molecular weight is 737 g/mol. The van der Waals surface area contributed by atoms with Gasteiger partial charge in [-0.05, 0) is 82.1 Å². The molecule has 0 spiro atoms. The van der Waals surface area contributed by atoms with Gasteiger partial charge in [-0.15, -0.1) is 0 Å². The second-order valence-corrected chi connectivity index (χ2v) is 16.3. The molecule has 4 fully saturated rings. The molecule has 6 amide bonds. The summed E-state index contributed by atoms with van der Waals surface area (Å²) < 4.78 is 5.54. The Kier molecular flexibility index (Phi) is 12.5. The van der Waals surface area contributed by atoms with Gasteiger partial charge in [0, 0.05) is 20.1 Å². The molecule has 2 bridgehead atoms. The van der Waals surface area contributed by atoms with E-state index in [2.05, 4.69) is 21.3 Å². The van der Waals surface area contributed by atoms with E-state index in [9.17, 15) is 33.6 Å². The number of Topliss-reactive ketones (excluding diaryl/α,β-unsaturated/α-hetero) is 1. The molecule has 14 heteroatoms. The lowest BCUT2D eigenvalue weighted by Crippen LogP contribution is -2.62. The van der Waals surface area contributed by atoms with E-state index in [0.717, 1.165) is 38.5 Å². The van der Waals surface area contributed by atoms with Crippen LogP contribution in [0.25, 0.3) is 0 Å².